The molecule has 1 aromatic carbocycles. The maximum absolute atomic E-state index is 10.7. The zero-order valence-corrected chi connectivity index (χ0v) is 9.09. The monoisotopic (exact) mass is 274 g/mol. The first-order valence-corrected chi connectivity index (χ1v) is 4.85. The van der Waals surface area contributed by atoms with Gasteiger partial charge in [-0.2, -0.15) is 0 Å². The summed E-state index contributed by atoms with van der Waals surface area (Å²) < 4.78 is 5.50. The largest absolute Gasteiger partial charge is 0.434 e. The average Bonchev–Trinajstić information content (AvgIpc) is 2.57. The maximum Gasteiger partial charge on any atom is 0.434 e. The lowest BCUT2D eigenvalue weighted by Crippen LogP contribution is -1.93. The van der Waals surface area contributed by atoms with Crippen molar-refractivity contribution in [2.24, 2.45) is 0 Å². The van der Waals surface area contributed by atoms with Crippen molar-refractivity contribution < 1.29 is 4.42 Å². The molecule has 0 radical (unpaired) electrons. The number of aromatic nitrogens is 2. The highest BCUT2D eigenvalue weighted by Crippen LogP contribution is 2.31. The van der Waals surface area contributed by atoms with E-state index in [-0.39, 0.29) is 5.89 Å². The minimum absolute atomic E-state index is 0.182. The molecule has 1 heterocycles. The highest BCUT2D eigenvalue weighted by Gasteiger charge is 2.11. The first-order chi connectivity index (χ1) is 6.68. The van der Waals surface area contributed by atoms with Crippen LogP contribution in [0, 0.1) is 0 Å². The van der Waals surface area contributed by atoms with Gasteiger partial charge in [-0.05, 0) is 28.1 Å². The van der Waals surface area contributed by atoms with E-state index in [9.17, 15) is 4.79 Å². The fourth-order valence-corrected chi connectivity index (χ4v) is 1.59. The molecule has 0 aliphatic rings. The summed E-state index contributed by atoms with van der Waals surface area (Å²) in [5.41, 5.74) is 0.569. The molecule has 4 nitrogen and oxygen atoms in total. The molecule has 0 atom stereocenters. The number of halogens is 2. The lowest BCUT2D eigenvalue weighted by atomic mass is 10.2. The van der Waals surface area contributed by atoms with Gasteiger partial charge in [0.2, 0.25) is 0 Å². The summed E-state index contributed by atoms with van der Waals surface area (Å²) in [4.78, 5) is 10.7. The third kappa shape index (κ3) is 1.60. The second-order valence-corrected chi connectivity index (χ2v) is 3.75. The van der Waals surface area contributed by atoms with Crippen LogP contribution in [0.3, 0.4) is 0 Å². The molecule has 0 unspecified atom stereocenters. The van der Waals surface area contributed by atoms with Gasteiger partial charge in [-0.1, -0.05) is 17.7 Å². The lowest BCUT2D eigenvalue weighted by molar-refractivity contribution is 0.527. The fourth-order valence-electron chi connectivity index (χ4n) is 1.01. The van der Waals surface area contributed by atoms with Gasteiger partial charge in [-0.3, -0.25) is 0 Å². The quantitative estimate of drug-likeness (QED) is 0.869. The molecule has 6 heteroatoms. The Labute approximate surface area is 92.0 Å². The number of aromatic amines is 1. The van der Waals surface area contributed by atoms with Gasteiger partial charge in [0.1, 0.15) is 0 Å². The molecule has 0 fully saturated rings. The molecule has 0 amide bonds. The summed E-state index contributed by atoms with van der Waals surface area (Å²) >= 11 is 9.23. The number of benzene rings is 1. The van der Waals surface area contributed by atoms with Crippen molar-refractivity contribution in [1.29, 1.82) is 0 Å². The van der Waals surface area contributed by atoms with E-state index >= 15 is 0 Å². The Morgan fingerprint density at radius 2 is 2.29 bits per heavy atom. The van der Waals surface area contributed by atoms with Crippen LogP contribution >= 0.6 is 27.5 Å². The highest BCUT2D eigenvalue weighted by molar-refractivity contribution is 9.10. The Morgan fingerprint density at radius 1 is 1.50 bits per heavy atom. The van der Waals surface area contributed by atoms with E-state index in [0.29, 0.717) is 10.6 Å². The minimum Gasteiger partial charge on any atom is -0.388 e. The zero-order valence-electron chi connectivity index (χ0n) is 6.75. The van der Waals surface area contributed by atoms with Gasteiger partial charge in [-0.15, -0.1) is 5.10 Å². The summed E-state index contributed by atoms with van der Waals surface area (Å²) in [6.07, 6.45) is 0. The highest BCUT2D eigenvalue weighted by atomic mass is 79.9. The van der Waals surface area contributed by atoms with Crippen LogP contribution in [0.1, 0.15) is 0 Å². The van der Waals surface area contributed by atoms with Gasteiger partial charge >= 0.3 is 5.76 Å². The van der Waals surface area contributed by atoms with Gasteiger partial charge < -0.3 is 4.42 Å². The van der Waals surface area contributed by atoms with E-state index in [0.717, 1.165) is 4.47 Å². The van der Waals surface area contributed by atoms with E-state index in [1.807, 2.05) is 0 Å². The molecule has 1 N–H and O–H groups in total. The van der Waals surface area contributed by atoms with Crippen LogP contribution in [0.4, 0.5) is 0 Å². The second kappa shape index (κ2) is 3.59. The lowest BCUT2D eigenvalue weighted by Gasteiger charge is -1.99. The molecule has 0 aliphatic heterocycles. The van der Waals surface area contributed by atoms with E-state index in [4.69, 9.17) is 16.0 Å². The molecule has 0 saturated heterocycles. The summed E-state index contributed by atoms with van der Waals surface area (Å²) in [5, 5.41) is 6.31. The van der Waals surface area contributed by atoms with Crippen LogP contribution in [0.25, 0.3) is 11.5 Å². The van der Waals surface area contributed by atoms with Gasteiger partial charge in [0.25, 0.3) is 5.89 Å². The van der Waals surface area contributed by atoms with Crippen molar-refractivity contribution >= 4 is 27.5 Å². The van der Waals surface area contributed by atoms with Crippen LogP contribution < -0.4 is 5.76 Å². The number of rotatable bonds is 1. The molecular weight excluding hydrogens is 271 g/mol. The molecule has 0 saturated carbocycles. The standard InChI is InChI=1S/C8H4BrClN2O2/c9-5-3-1-2-4(6(5)10)7-11-12-8(13)14-7/h1-3H,(H,12,13). The predicted molar refractivity (Wildman–Crippen MR) is 55.3 cm³/mol. The van der Waals surface area contributed by atoms with Gasteiger partial charge in [0.05, 0.1) is 10.6 Å². The smallest absolute Gasteiger partial charge is 0.388 e. The number of H-pyrrole nitrogens is 1. The summed E-state index contributed by atoms with van der Waals surface area (Å²) in [6, 6.07) is 5.28. The minimum atomic E-state index is -0.601. The van der Waals surface area contributed by atoms with Crippen LogP contribution in [0.5, 0.6) is 0 Å². The van der Waals surface area contributed by atoms with Gasteiger partial charge in [0.15, 0.2) is 0 Å². The molecular formula is C8H4BrClN2O2. The molecule has 0 bridgehead atoms. The molecule has 2 rings (SSSR count). The first kappa shape index (κ1) is 9.48. The Hall–Kier alpha value is -1.07. The van der Waals surface area contributed by atoms with Crippen LogP contribution in [0.2, 0.25) is 5.02 Å². The van der Waals surface area contributed by atoms with Crippen LogP contribution in [0.15, 0.2) is 31.9 Å². The topological polar surface area (TPSA) is 58.9 Å². The third-order valence-electron chi connectivity index (χ3n) is 1.62. The molecule has 0 aliphatic carbocycles. The number of nitrogens with one attached hydrogen (secondary N) is 1. The van der Waals surface area contributed by atoms with Crippen LogP contribution in [-0.4, -0.2) is 10.2 Å². The van der Waals surface area contributed by atoms with Crippen LogP contribution in [-0.2, 0) is 0 Å². The van der Waals surface area contributed by atoms with Crippen molar-refractivity contribution in [3.05, 3.63) is 38.2 Å². The summed E-state index contributed by atoms with van der Waals surface area (Å²) in [5.74, 6) is -0.419. The predicted octanol–water partition coefficient (Wildman–Crippen LogP) is 2.45. The average molecular weight is 275 g/mol. The molecule has 72 valence electrons. The number of nitrogens with zero attached hydrogens (tertiary/aromatic N) is 1. The van der Waals surface area contributed by atoms with Crippen molar-refractivity contribution in [1.82, 2.24) is 10.2 Å². The second-order valence-electron chi connectivity index (χ2n) is 2.52. The van der Waals surface area contributed by atoms with Crippen molar-refractivity contribution in [2.75, 3.05) is 0 Å². The fraction of sp³-hybridized carbons (Fsp3) is 0. The van der Waals surface area contributed by atoms with Gasteiger partial charge in [-0.25, -0.2) is 9.89 Å². The Balaban J connectivity index is 2.62. The Bertz CT molecular complexity index is 520. The van der Waals surface area contributed by atoms with E-state index in [1.54, 1.807) is 18.2 Å². The van der Waals surface area contributed by atoms with E-state index in [2.05, 4.69) is 26.1 Å². The maximum atomic E-state index is 10.7. The van der Waals surface area contributed by atoms with Gasteiger partial charge in [0, 0.05) is 4.47 Å². The molecule has 2 aromatic rings. The van der Waals surface area contributed by atoms with E-state index < -0.39 is 5.76 Å². The molecule has 0 spiro atoms. The van der Waals surface area contributed by atoms with Crippen molar-refractivity contribution in [3.8, 4) is 11.5 Å². The Kier molecular flexibility index (Phi) is 2.43. The van der Waals surface area contributed by atoms with Crippen molar-refractivity contribution in [2.45, 2.75) is 0 Å². The van der Waals surface area contributed by atoms with E-state index in [1.165, 1.54) is 0 Å². The SMILES string of the molecule is O=c1[nH]nc(-c2cccc(Br)c2Cl)o1. The van der Waals surface area contributed by atoms with Crippen molar-refractivity contribution in [3.63, 3.8) is 0 Å². The molecule has 14 heavy (non-hydrogen) atoms. The summed E-state index contributed by atoms with van der Waals surface area (Å²) in [6.45, 7) is 0. The normalized spacial score (nSPS) is 10.4. The summed E-state index contributed by atoms with van der Waals surface area (Å²) in [7, 11) is 0. The Morgan fingerprint density at radius 3 is 2.93 bits per heavy atom. The zero-order chi connectivity index (χ0) is 10.1. The number of hydrogen-bond donors (Lipinski definition) is 1. The molecule has 1 aromatic heterocycles. The third-order valence-corrected chi connectivity index (χ3v) is 2.92. The first-order valence-electron chi connectivity index (χ1n) is 3.68. The number of hydrogen-bond acceptors (Lipinski definition) is 3.